The van der Waals surface area contributed by atoms with Crippen molar-refractivity contribution in [3.8, 4) is 0 Å². The summed E-state index contributed by atoms with van der Waals surface area (Å²) in [4.78, 5) is 2.40. The van der Waals surface area contributed by atoms with Gasteiger partial charge in [-0.2, -0.15) is 0 Å². The second kappa shape index (κ2) is 5.87. The lowest BCUT2D eigenvalue weighted by Crippen LogP contribution is -2.39. The van der Waals surface area contributed by atoms with Crippen molar-refractivity contribution in [2.24, 2.45) is 5.92 Å². The Bertz CT molecular complexity index is 129. The highest BCUT2D eigenvalue weighted by atomic mass is 35.5. The molecule has 0 aliphatic rings. The van der Waals surface area contributed by atoms with E-state index in [9.17, 15) is 0 Å². The molecule has 0 saturated heterocycles. The Kier molecular flexibility index (Phi) is 5.98. The summed E-state index contributed by atoms with van der Waals surface area (Å²) in [6.45, 7) is 10.2. The zero-order valence-electron chi connectivity index (χ0n) is 9.73. The van der Waals surface area contributed by atoms with Crippen molar-refractivity contribution >= 4 is 11.6 Å². The van der Waals surface area contributed by atoms with Crippen LogP contribution in [0.4, 0.5) is 0 Å². The van der Waals surface area contributed by atoms with Crippen LogP contribution < -0.4 is 0 Å². The molecule has 2 heteroatoms. The molecular weight excluding hydrogens is 182 g/mol. The smallest absolute Gasteiger partial charge is 0.0225 e. The summed E-state index contributed by atoms with van der Waals surface area (Å²) in [6, 6.07) is 0. The molecule has 80 valence electrons. The molecule has 1 nitrogen and oxygen atoms in total. The van der Waals surface area contributed by atoms with Crippen LogP contribution in [0.15, 0.2) is 0 Å². The molecule has 1 atom stereocenters. The Morgan fingerprint density at radius 3 is 2.15 bits per heavy atom. The number of alkyl halides is 1. The quantitative estimate of drug-likeness (QED) is 0.623. The fraction of sp³-hybridized carbons (Fsp3) is 1.00. The van der Waals surface area contributed by atoms with Crippen molar-refractivity contribution in [1.82, 2.24) is 4.90 Å². The maximum Gasteiger partial charge on any atom is 0.0225 e. The van der Waals surface area contributed by atoms with E-state index in [4.69, 9.17) is 11.6 Å². The lowest BCUT2D eigenvalue weighted by molar-refractivity contribution is 0.165. The standard InChI is InChI=1S/C11H24ClN/c1-10(6-8-12)7-9-13(5)11(2,3)4/h10H,6-9H2,1-5H3. The van der Waals surface area contributed by atoms with Gasteiger partial charge in [0.2, 0.25) is 0 Å². The van der Waals surface area contributed by atoms with Crippen LogP contribution in [-0.4, -0.2) is 29.9 Å². The molecule has 0 amide bonds. The van der Waals surface area contributed by atoms with Crippen LogP contribution in [0.25, 0.3) is 0 Å². The van der Waals surface area contributed by atoms with Gasteiger partial charge in [0.15, 0.2) is 0 Å². The Balaban J connectivity index is 3.63. The van der Waals surface area contributed by atoms with Gasteiger partial charge in [-0.3, -0.25) is 0 Å². The van der Waals surface area contributed by atoms with E-state index >= 15 is 0 Å². The summed E-state index contributed by atoms with van der Waals surface area (Å²) in [7, 11) is 2.19. The van der Waals surface area contributed by atoms with Gasteiger partial charge in [0, 0.05) is 11.4 Å². The summed E-state index contributed by atoms with van der Waals surface area (Å²) in [5.41, 5.74) is 0.292. The normalized spacial score (nSPS) is 15.0. The van der Waals surface area contributed by atoms with Crippen molar-refractivity contribution in [1.29, 1.82) is 0 Å². The third-order valence-electron chi connectivity index (χ3n) is 2.70. The second-order valence-electron chi connectivity index (χ2n) is 4.96. The Morgan fingerprint density at radius 1 is 1.23 bits per heavy atom. The van der Waals surface area contributed by atoms with E-state index in [1.54, 1.807) is 0 Å². The highest BCUT2D eigenvalue weighted by Gasteiger charge is 2.16. The van der Waals surface area contributed by atoms with Crippen molar-refractivity contribution in [3.63, 3.8) is 0 Å². The molecule has 13 heavy (non-hydrogen) atoms. The molecule has 0 saturated carbocycles. The Hall–Kier alpha value is 0.250. The van der Waals surface area contributed by atoms with Crippen molar-refractivity contribution in [2.75, 3.05) is 19.5 Å². The van der Waals surface area contributed by atoms with Gasteiger partial charge in [0.05, 0.1) is 0 Å². The zero-order valence-corrected chi connectivity index (χ0v) is 10.5. The summed E-state index contributed by atoms with van der Waals surface area (Å²) in [5, 5.41) is 0. The molecule has 0 N–H and O–H groups in total. The molecule has 0 aromatic rings. The maximum atomic E-state index is 5.69. The third kappa shape index (κ3) is 6.34. The van der Waals surface area contributed by atoms with Crippen LogP contribution in [0.2, 0.25) is 0 Å². The molecule has 0 radical (unpaired) electrons. The average molecular weight is 206 g/mol. The van der Waals surface area contributed by atoms with E-state index in [1.165, 1.54) is 13.0 Å². The Labute approximate surface area is 88.5 Å². The van der Waals surface area contributed by atoms with E-state index in [2.05, 4.69) is 39.6 Å². The average Bonchev–Trinajstić information content (AvgIpc) is 1.99. The van der Waals surface area contributed by atoms with Crippen LogP contribution in [0.3, 0.4) is 0 Å². The van der Waals surface area contributed by atoms with E-state index in [1.807, 2.05) is 0 Å². The van der Waals surface area contributed by atoms with E-state index < -0.39 is 0 Å². The zero-order chi connectivity index (χ0) is 10.5. The molecule has 0 aromatic heterocycles. The third-order valence-corrected chi connectivity index (χ3v) is 2.92. The maximum absolute atomic E-state index is 5.69. The van der Waals surface area contributed by atoms with Crippen LogP contribution in [0.1, 0.15) is 40.5 Å². The van der Waals surface area contributed by atoms with E-state index in [0.717, 1.165) is 18.2 Å². The van der Waals surface area contributed by atoms with Gasteiger partial charge in [0.1, 0.15) is 0 Å². The number of halogens is 1. The number of hydrogen-bond donors (Lipinski definition) is 0. The van der Waals surface area contributed by atoms with Gasteiger partial charge >= 0.3 is 0 Å². The van der Waals surface area contributed by atoms with Gasteiger partial charge in [-0.25, -0.2) is 0 Å². The highest BCUT2D eigenvalue weighted by molar-refractivity contribution is 6.17. The first kappa shape index (κ1) is 13.2. The van der Waals surface area contributed by atoms with Gasteiger partial charge in [-0.1, -0.05) is 6.92 Å². The van der Waals surface area contributed by atoms with Gasteiger partial charge < -0.3 is 4.90 Å². The van der Waals surface area contributed by atoms with Crippen LogP contribution in [0, 0.1) is 5.92 Å². The molecule has 0 rings (SSSR count). The minimum Gasteiger partial charge on any atom is -0.302 e. The van der Waals surface area contributed by atoms with Crippen LogP contribution in [-0.2, 0) is 0 Å². The minimum absolute atomic E-state index is 0.292. The summed E-state index contributed by atoms with van der Waals surface area (Å²) in [5.74, 6) is 1.54. The van der Waals surface area contributed by atoms with Crippen molar-refractivity contribution in [3.05, 3.63) is 0 Å². The highest BCUT2D eigenvalue weighted by Crippen LogP contribution is 2.14. The molecule has 0 fully saturated rings. The van der Waals surface area contributed by atoms with Crippen LogP contribution in [0.5, 0.6) is 0 Å². The summed E-state index contributed by atoms with van der Waals surface area (Å²) in [6.07, 6.45) is 2.39. The fourth-order valence-electron chi connectivity index (χ4n) is 1.08. The monoisotopic (exact) mass is 205 g/mol. The predicted octanol–water partition coefficient (Wildman–Crippen LogP) is 3.37. The molecule has 1 unspecified atom stereocenters. The van der Waals surface area contributed by atoms with Crippen LogP contribution >= 0.6 is 11.6 Å². The SMILES string of the molecule is CC(CCCl)CCN(C)C(C)(C)C. The topological polar surface area (TPSA) is 3.24 Å². The largest absolute Gasteiger partial charge is 0.302 e. The fourth-order valence-corrected chi connectivity index (χ4v) is 1.45. The predicted molar refractivity (Wildman–Crippen MR) is 61.5 cm³/mol. The minimum atomic E-state index is 0.292. The van der Waals surface area contributed by atoms with E-state index in [-0.39, 0.29) is 0 Å². The molecule has 0 aromatic carbocycles. The molecular formula is C11H24ClN. The first-order valence-corrected chi connectivity index (χ1v) is 5.68. The first-order chi connectivity index (χ1) is 5.88. The van der Waals surface area contributed by atoms with Gasteiger partial charge in [-0.05, 0) is 53.1 Å². The molecule has 0 heterocycles. The Morgan fingerprint density at radius 2 is 1.77 bits per heavy atom. The van der Waals surface area contributed by atoms with Crippen molar-refractivity contribution in [2.45, 2.75) is 46.1 Å². The van der Waals surface area contributed by atoms with Gasteiger partial charge in [0.25, 0.3) is 0 Å². The van der Waals surface area contributed by atoms with Gasteiger partial charge in [-0.15, -0.1) is 11.6 Å². The first-order valence-electron chi connectivity index (χ1n) is 5.15. The summed E-state index contributed by atoms with van der Waals surface area (Å²) < 4.78 is 0. The van der Waals surface area contributed by atoms with Crippen molar-refractivity contribution < 1.29 is 0 Å². The second-order valence-corrected chi connectivity index (χ2v) is 5.34. The molecule has 0 aliphatic heterocycles. The molecule has 0 spiro atoms. The number of nitrogens with zero attached hydrogens (tertiary/aromatic N) is 1. The number of rotatable bonds is 5. The molecule has 0 bridgehead atoms. The van der Waals surface area contributed by atoms with E-state index in [0.29, 0.717) is 5.54 Å². The number of hydrogen-bond acceptors (Lipinski definition) is 1. The molecule has 0 aliphatic carbocycles. The lowest BCUT2D eigenvalue weighted by atomic mass is 10.0. The summed E-state index contributed by atoms with van der Waals surface area (Å²) >= 11 is 5.69. The lowest BCUT2D eigenvalue weighted by Gasteiger charge is -2.32.